The van der Waals surface area contributed by atoms with Crippen LogP contribution in [0.4, 0.5) is 0 Å². The standard InChI is InChI=1S/C10H16O3/c1-10-6-5-9(12)13-8(10)4-2-3-7(10)11/h8-9,12H,2-6H2,1H3. The molecular formula is C10H16O3. The van der Waals surface area contributed by atoms with Gasteiger partial charge < -0.3 is 9.84 Å². The Hall–Kier alpha value is -0.410. The molecule has 13 heavy (non-hydrogen) atoms. The van der Waals surface area contributed by atoms with Crippen LogP contribution in [0.2, 0.25) is 0 Å². The number of aliphatic hydroxyl groups is 1. The number of ketones is 1. The van der Waals surface area contributed by atoms with Crippen LogP contribution in [0.3, 0.4) is 0 Å². The number of carbonyl (C=O) groups excluding carboxylic acids is 1. The maximum Gasteiger partial charge on any atom is 0.154 e. The lowest BCUT2D eigenvalue weighted by Gasteiger charge is -2.44. The van der Waals surface area contributed by atoms with Crippen molar-refractivity contribution >= 4 is 5.78 Å². The van der Waals surface area contributed by atoms with E-state index in [-0.39, 0.29) is 11.5 Å². The van der Waals surface area contributed by atoms with E-state index in [2.05, 4.69) is 0 Å². The van der Waals surface area contributed by atoms with Crippen molar-refractivity contribution in [2.24, 2.45) is 5.41 Å². The second-order valence-corrected chi connectivity index (χ2v) is 4.35. The van der Waals surface area contributed by atoms with Crippen molar-refractivity contribution in [2.45, 2.75) is 51.4 Å². The summed E-state index contributed by atoms with van der Waals surface area (Å²) < 4.78 is 5.40. The van der Waals surface area contributed by atoms with E-state index in [9.17, 15) is 9.90 Å². The van der Waals surface area contributed by atoms with Gasteiger partial charge in [0, 0.05) is 6.42 Å². The quantitative estimate of drug-likeness (QED) is 0.616. The van der Waals surface area contributed by atoms with Gasteiger partial charge in [-0.3, -0.25) is 4.79 Å². The molecule has 0 radical (unpaired) electrons. The zero-order chi connectivity index (χ0) is 9.47. The number of carbonyl (C=O) groups is 1. The molecular weight excluding hydrogens is 168 g/mol. The summed E-state index contributed by atoms with van der Waals surface area (Å²) in [4.78, 5) is 11.7. The second kappa shape index (κ2) is 3.07. The summed E-state index contributed by atoms with van der Waals surface area (Å²) in [6, 6.07) is 0. The zero-order valence-corrected chi connectivity index (χ0v) is 7.95. The highest BCUT2D eigenvalue weighted by atomic mass is 16.6. The van der Waals surface area contributed by atoms with Gasteiger partial charge in [0.05, 0.1) is 11.5 Å². The average molecular weight is 184 g/mol. The van der Waals surface area contributed by atoms with Crippen molar-refractivity contribution in [1.82, 2.24) is 0 Å². The molecule has 0 bridgehead atoms. The summed E-state index contributed by atoms with van der Waals surface area (Å²) in [5.74, 6) is 0.315. The molecule has 1 heterocycles. The van der Waals surface area contributed by atoms with E-state index in [1.807, 2.05) is 6.92 Å². The molecule has 1 aliphatic heterocycles. The highest BCUT2D eigenvalue weighted by Crippen LogP contribution is 2.43. The number of Topliss-reactive ketones (excluding diaryl/α,β-unsaturated/α-hetero) is 1. The fourth-order valence-electron chi connectivity index (χ4n) is 2.43. The molecule has 1 saturated heterocycles. The molecule has 3 heteroatoms. The van der Waals surface area contributed by atoms with Gasteiger partial charge >= 0.3 is 0 Å². The van der Waals surface area contributed by atoms with Crippen LogP contribution >= 0.6 is 0 Å². The largest absolute Gasteiger partial charge is 0.368 e. The van der Waals surface area contributed by atoms with Gasteiger partial charge in [-0.15, -0.1) is 0 Å². The van der Waals surface area contributed by atoms with Crippen molar-refractivity contribution in [3.8, 4) is 0 Å². The number of aliphatic hydroxyl groups excluding tert-OH is 1. The van der Waals surface area contributed by atoms with E-state index in [1.54, 1.807) is 0 Å². The molecule has 0 spiro atoms. The Morgan fingerprint density at radius 1 is 1.54 bits per heavy atom. The van der Waals surface area contributed by atoms with Gasteiger partial charge in [0.25, 0.3) is 0 Å². The lowest BCUT2D eigenvalue weighted by Crippen LogP contribution is -2.50. The molecule has 3 nitrogen and oxygen atoms in total. The van der Waals surface area contributed by atoms with Crippen LogP contribution in [-0.4, -0.2) is 23.3 Å². The Morgan fingerprint density at radius 2 is 2.31 bits per heavy atom. The van der Waals surface area contributed by atoms with Crippen LogP contribution in [-0.2, 0) is 9.53 Å². The van der Waals surface area contributed by atoms with Crippen molar-refractivity contribution in [2.75, 3.05) is 0 Å². The first kappa shape index (κ1) is 9.16. The van der Waals surface area contributed by atoms with Gasteiger partial charge in [-0.25, -0.2) is 0 Å². The molecule has 0 aromatic heterocycles. The van der Waals surface area contributed by atoms with E-state index < -0.39 is 6.29 Å². The van der Waals surface area contributed by atoms with Gasteiger partial charge in [0.2, 0.25) is 0 Å². The zero-order valence-electron chi connectivity index (χ0n) is 7.95. The van der Waals surface area contributed by atoms with E-state index >= 15 is 0 Å². The molecule has 3 unspecified atom stereocenters. The summed E-state index contributed by atoms with van der Waals surface area (Å²) in [5, 5.41) is 9.32. The highest BCUT2D eigenvalue weighted by Gasteiger charge is 2.47. The lowest BCUT2D eigenvalue weighted by molar-refractivity contribution is -0.213. The Kier molecular flexibility index (Phi) is 2.16. The van der Waals surface area contributed by atoms with Crippen LogP contribution in [0, 0.1) is 5.41 Å². The number of hydrogen-bond donors (Lipinski definition) is 1. The Morgan fingerprint density at radius 3 is 3.08 bits per heavy atom. The first-order chi connectivity index (χ1) is 6.13. The van der Waals surface area contributed by atoms with Crippen molar-refractivity contribution in [3.05, 3.63) is 0 Å². The Balaban J connectivity index is 2.18. The topological polar surface area (TPSA) is 46.5 Å². The predicted molar refractivity (Wildman–Crippen MR) is 47.1 cm³/mol. The third kappa shape index (κ3) is 1.40. The normalized spacial score (nSPS) is 45.8. The number of hydrogen-bond acceptors (Lipinski definition) is 3. The molecule has 0 aromatic carbocycles. The number of ether oxygens (including phenoxy) is 1. The molecule has 1 aliphatic carbocycles. The molecule has 0 amide bonds. The molecule has 1 saturated carbocycles. The maximum absolute atomic E-state index is 11.7. The van der Waals surface area contributed by atoms with E-state index in [0.717, 1.165) is 19.3 Å². The van der Waals surface area contributed by atoms with Gasteiger partial charge in [0.1, 0.15) is 5.78 Å². The van der Waals surface area contributed by atoms with E-state index in [4.69, 9.17) is 4.74 Å². The van der Waals surface area contributed by atoms with Gasteiger partial charge in [-0.2, -0.15) is 0 Å². The SMILES string of the molecule is CC12CCC(O)OC1CCCC2=O. The summed E-state index contributed by atoms with van der Waals surface area (Å²) in [6.07, 6.45) is 3.19. The fourth-order valence-corrected chi connectivity index (χ4v) is 2.43. The minimum Gasteiger partial charge on any atom is -0.368 e. The van der Waals surface area contributed by atoms with Gasteiger partial charge in [-0.1, -0.05) is 6.92 Å². The molecule has 0 aromatic rings. The summed E-state index contributed by atoms with van der Waals surface area (Å²) in [6.45, 7) is 1.98. The second-order valence-electron chi connectivity index (χ2n) is 4.35. The van der Waals surface area contributed by atoms with Gasteiger partial charge in [0.15, 0.2) is 6.29 Å². The molecule has 74 valence electrons. The lowest BCUT2D eigenvalue weighted by atomic mass is 9.68. The van der Waals surface area contributed by atoms with Crippen molar-refractivity contribution < 1.29 is 14.6 Å². The average Bonchev–Trinajstić information content (AvgIpc) is 2.09. The van der Waals surface area contributed by atoms with Crippen molar-refractivity contribution in [1.29, 1.82) is 0 Å². The Labute approximate surface area is 78.1 Å². The van der Waals surface area contributed by atoms with Crippen LogP contribution < -0.4 is 0 Å². The predicted octanol–water partition coefficient (Wildman–Crippen LogP) is 1.24. The summed E-state index contributed by atoms with van der Waals surface area (Å²) >= 11 is 0. The fraction of sp³-hybridized carbons (Fsp3) is 0.900. The van der Waals surface area contributed by atoms with E-state index in [0.29, 0.717) is 18.6 Å². The third-order valence-electron chi connectivity index (χ3n) is 3.45. The first-order valence-corrected chi connectivity index (χ1v) is 5.00. The molecule has 2 rings (SSSR count). The van der Waals surface area contributed by atoms with E-state index in [1.165, 1.54) is 0 Å². The van der Waals surface area contributed by atoms with Crippen LogP contribution in [0.1, 0.15) is 39.0 Å². The highest BCUT2D eigenvalue weighted by molar-refractivity contribution is 5.86. The van der Waals surface area contributed by atoms with Crippen LogP contribution in [0.5, 0.6) is 0 Å². The van der Waals surface area contributed by atoms with Crippen molar-refractivity contribution in [3.63, 3.8) is 0 Å². The van der Waals surface area contributed by atoms with Gasteiger partial charge in [-0.05, 0) is 25.7 Å². The molecule has 3 atom stereocenters. The minimum absolute atomic E-state index is 0.0440. The van der Waals surface area contributed by atoms with Crippen LogP contribution in [0.15, 0.2) is 0 Å². The molecule has 2 fully saturated rings. The first-order valence-electron chi connectivity index (χ1n) is 5.00. The summed E-state index contributed by atoms with van der Waals surface area (Å²) in [7, 11) is 0. The number of rotatable bonds is 0. The van der Waals surface area contributed by atoms with Crippen LogP contribution in [0.25, 0.3) is 0 Å². The Bertz CT molecular complexity index is 226. The number of fused-ring (bicyclic) bond motifs is 1. The smallest absolute Gasteiger partial charge is 0.154 e. The maximum atomic E-state index is 11.7. The molecule has 1 N–H and O–H groups in total. The third-order valence-corrected chi connectivity index (χ3v) is 3.45. The molecule has 2 aliphatic rings. The summed E-state index contributed by atoms with van der Waals surface area (Å²) in [5.41, 5.74) is -0.308. The monoisotopic (exact) mass is 184 g/mol. The minimum atomic E-state index is -0.649.